The minimum absolute atomic E-state index is 0.00111. The van der Waals surface area contributed by atoms with E-state index in [1.54, 1.807) is 18.2 Å². The number of carbonyl (C=O) groups is 1. The molecule has 0 saturated carbocycles. The number of carbonyl (C=O) groups excluding carboxylic acids is 1. The van der Waals surface area contributed by atoms with Gasteiger partial charge in [-0.15, -0.1) is 0 Å². The Balaban J connectivity index is 1.60. The van der Waals surface area contributed by atoms with Gasteiger partial charge in [-0.3, -0.25) is 10.1 Å². The molecule has 0 saturated heterocycles. The third-order valence-electron chi connectivity index (χ3n) is 3.88. The van der Waals surface area contributed by atoms with Crippen LogP contribution in [0.2, 0.25) is 5.02 Å². The van der Waals surface area contributed by atoms with Crippen LogP contribution in [0.1, 0.15) is 25.5 Å². The first-order valence-electron chi connectivity index (χ1n) is 7.75. The third-order valence-corrected chi connectivity index (χ3v) is 4.12. The van der Waals surface area contributed by atoms with E-state index in [0.717, 1.165) is 5.56 Å². The van der Waals surface area contributed by atoms with Gasteiger partial charge in [0.05, 0.1) is 6.04 Å². The van der Waals surface area contributed by atoms with Gasteiger partial charge < -0.3 is 14.8 Å². The molecule has 6 heteroatoms. The average Bonchev–Trinajstić information content (AvgIpc) is 3.02. The van der Waals surface area contributed by atoms with Crippen molar-refractivity contribution in [2.45, 2.75) is 25.9 Å². The lowest BCUT2D eigenvalue weighted by molar-refractivity contribution is -0.117. The van der Waals surface area contributed by atoms with Crippen molar-refractivity contribution in [2.24, 2.45) is 0 Å². The van der Waals surface area contributed by atoms with Gasteiger partial charge in [0.1, 0.15) is 0 Å². The second kappa shape index (κ2) is 7.11. The van der Waals surface area contributed by atoms with Gasteiger partial charge in [-0.2, -0.15) is 0 Å². The molecule has 5 nitrogen and oxygen atoms in total. The Morgan fingerprint density at radius 1 is 1.12 bits per heavy atom. The molecule has 1 aliphatic rings. The molecule has 2 aromatic rings. The zero-order valence-electron chi connectivity index (χ0n) is 13.5. The van der Waals surface area contributed by atoms with Gasteiger partial charge >= 0.3 is 0 Å². The van der Waals surface area contributed by atoms with Gasteiger partial charge in [0, 0.05) is 22.8 Å². The van der Waals surface area contributed by atoms with Crippen LogP contribution in [0.25, 0.3) is 0 Å². The lowest BCUT2D eigenvalue weighted by Gasteiger charge is -2.20. The highest BCUT2D eigenvalue weighted by atomic mass is 35.5. The van der Waals surface area contributed by atoms with Crippen molar-refractivity contribution < 1.29 is 14.3 Å². The Labute approximate surface area is 145 Å². The van der Waals surface area contributed by atoms with Crippen molar-refractivity contribution in [2.75, 3.05) is 12.1 Å². The zero-order chi connectivity index (χ0) is 17.1. The third kappa shape index (κ3) is 3.80. The van der Waals surface area contributed by atoms with Gasteiger partial charge in [-0.25, -0.2) is 0 Å². The minimum atomic E-state index is -0.371. The number of halogens is 1. The van der Waals surface area contributed by atoms with E-state index in [0.29, 0.717) is 22.2 Å². The number of benzene rings is 2. The van der Waals surface area contributed by atoms with Gasteiger partial charge in [-0.1, -0.05) is 23.7 Å². The predicted molar refractivity (Wildman–Crippen MR) is 93.7 cm³/mol. The summed E-state index contributed by atoms with van der Waals surface area (Å²) in [5, 5.41) is 6.82. The van der Waals surface area contributed by atoms with E-state index in [-0.39, 0.29) is 24.8 Å². The number of anilines is 1. The van der Waals surface area contributed by atoms with Crippen LogP contribution in [-0.2, 0) is 4.79 Å². The average molecular weight is 347 g/mol. The van der Waals surface area contributed by atoms with Crippen molar-refractivity contribution in [3.8, 4) is 11.5 Å². The second-order valence-corrected chi connectivity index (χ2v) is 6.16. The molecule has 2 N–H and O–H groups in total. The predicted octanol–water partition coefficient (Wildman–Crippen LogP) is 3.75. The largest absolute Gasteiger partial charge is 0.454 e. The lowest BCUT2D eigenvalue weighted by atomic mass is 10.1. The van der Waals surface area contributed by atoms with Crippen LogP contribution in [0.3, 0.4) is 0 Å². The van der Waals surface area contributed by atoms with Crippen molar-refractivity contribution in [1.82, 2.24) is 5.32 Å². The molecule has 0 aliphatic carbocycles. The molecule has 2 unspecified atom stereocenters. The van der Waals surface area contributed by atoms with Crippen LogP contribution in [0.15, 0.2) is 42.5 Å². The maximum absolute atomic E-state index is 12.4. The van der Waals surface area contributed by atoms with E-state index in [1.807, 2.05) is 38.1 Å². The Kier molecular flexibility index (Phi) is 4.92. The summed E-state index contributed by atoms with van der Waals surface area (Å²) in [6.45, 7) is 4.03. The van der Waals surface area contributed by atoms with Crippen molar-refractivity contribution in [3.05, 3.63) is 53.1 Å². The second-order valence-electron chi connectivity index (χ2n) is 5.72. The number of rotatable bonds is 5. The fraction of sp³-hybridized carbons (Fsp3) is 0.278. The van der Waals surface area contributed by atoms with Gasteiger partial charge in [0.15, 0.2) is 11.5 Å². The maximum atomic E-state index is 12.4. The normalized spacial score (nSPS) is 15.0. The van der Waals surface area contributed by atoms with Gasteiger partial charge in [-0.05, 0) is 43.7 Å². The molecular weight excluding hydrogens is 328 g/mol. The fourth-order valence-electron chi connectivity index (χ4n) is 2.55. The Morgan fingerprint density at radius 2 is 1.92 bits per heavy atom. The molecule has 3 rings (SSSR count). The Bertz CT molecular complexity index is 751. The van der Waals surface area contributed by atoms with Crippen LogP contribution < -0.4 is 20.1 Å². The number of hydrogen-bond donors (Lipinski definition) is 2. The van der Waals surface area contributed by atoms with Gasteiger partial charge in [0.2, 0.25) is 12.7 Å². The highest BCUT2D eigenvalue weighted by Crippen LogP contribution is 2.34. The van der Waals surface area contributed by atoms with Crippen LogP contribution >= 0.6 is 11.6 Å². The highest BCUT2D eigenvalue weighted by Gasteiger charge is 2.18. The number of amides is 1. The Hall–Kier alpha value is -2.24. The van der Waals surface area contributed by atoms with Crippen LogP contribution in [-0.4, -0.2) is 18.7 Å². The van der Waals surface area contributed by atoms with Crippen molar-refractivity contribution in [3.63, 3.8) is 0 Å². The first-order chi connectivity index (χ1) is 11.5. The summed E-state index contributed by atoms with van der Waals surface area (Å²) in [7, 11) is 0. The molecule has 2 aromatic carbocycles. The molecule has 24 heavy (non-hydrogen) atoms. The topological polar surface area (TPSA) is 59.6 Å². The summed E-state index contributed by atoms with van der Waals surface area (Å²) in [5.74, 6) is 1.21. The van der Waals surface area contributed by atoms with Crippen molar-refractivity contribution in [1.29, 1.82) is 0 Å². The van der Waals surface area contributed by atoms with E-state index in [2.05, 4.69) is 10.6 Å². The molecule has 0 bridgehead atoms. The van der Waals surface area contributed by atoms with E-state index in [1.165, 1.54) is 0 Å². The molecule has 2 atom stereocenters. The molecule has 0 spiro atoms. The summed E-state index contributed by atoms with van der Waals surface area (Å²) in [6, 6.07) is 12.6. The van der Waals surface area contributed by atoms with E-state index >= 15 is 0 Å². The molecule has 1 aliphatic heterocycles. The lowest BCUT2D eigenvalue weighted by Crippen LogP contribution is -2.39. The van der Waals surface area contributed by atoms with E-state index < -0.39 is 0 Å². The summed E-state index contributed by atoms with van der Waals surface area (Å²) in [5.41, 5.74) is 1.71. The summed E-state index contributed by atoms with van der Waals surface area (Å²) in [4.78, 5) is 12.4. The van der Waals surface area contributed by atoms with E-state index in [9.17, 15) is 4.79 Å². The van der Waals surface area contributed by atoms with Crippen molar-refractivity contribution >= 4 is 23.2 Å². The smallest absolute Gasteiger partial charge is 0.241 e. The van der Waals surface area contributed by atoms with E-state index in [4.69, 9.17) is 21.1 Å². The minimum Gasteiger partial charge on any atom is -0.454 e. The monoisotopic (exact) mass is 346 g/mol. The molecule has 0 aromatic heterocycles. The van der Waals surface area contributed by atoms with Crippen LogP contribution in [0.5, 0.6) is 11.5 Å². The number of ether oxygens (including phenoxy) is 2. The standard InChI is InChI=1S/C18H19ClN2O3/c1-11(13-4-3-5-14(19)8-13)20-12(2)18(22)21-15-6-7-16-17(9-15)24-10-23-16/h3-9,11-12,20H,10H2,1-2H3,(H,21,22). The van der Waals surface area contributed by atoms with Gasteiger partial charge in [0.25, 0.3) is 0 Å². The quantitative estimate of drug-likeness (QED) is 0.865. The molecule has 1 heterocycles. The molecular formula is C18H19ClN2O3. The summed E-state index contributed by atoms with van der Waals surface area (Å²) in [6.07, 6.45) is 0. The molecule has 0 fully saturated rings. The Morgan fingerprint density at radius 3 is 2.71 bits per heavy atom. The highest BCUT2D eigenvalue weighted by molar-refractivity contribution is 6.30. The maximum Gasteiger partial charge on any atom is 0.241 e. The first kappa shape index (κ1) is 16.6. The number of hydrogen-bond acceptors (Lipinski definition) is 4. The fourth-order valence-corrected chi connectivity index (χ4v) is 2.75. The molecule has 126 valence electrons. The number of nitrogens with one attached hydrogen (secondary N) is 2. The summed E-state index contributed by atoms with van der Waals surface area (Å²) < 4.78 is 10.6. The first-order valence-corrected chi connectivity index (χ1v) is 8.13. The SMILES string of the molecule is CC(NC(C)c1cccc(Cl)c1)C(=O)Nc1ccc2c(c1)OCO2. The number of fused-ring (bicyclic) bond motifs is 1. The summed E-state index contributed by atoms with van der Waals surface area (Å²) >= 11 is 6.01. The van der Waals surface area contributed by atoms with Crippen LogP contribution in [0.4, 0.5) is 5.69 Å². The zero-order valence-corrected chi connectivity index (χ0v) is 14.3. The molecule has 1 amide bonds. The molecule has 0 radical (unpaired) electrons. The van der Waals surface area contributed by atoms with Crippen LogP contribution in [0, 0.1) is 0 Å².